The Morgan fingerprint density at radius 1 is 1.21 bits per heavy atom. The first-order chi connectivity index (χ1) is 8.96. The van der Waals surface area contributed by atoms with Gasteiger partial charge in [-0.25, -0.2) is 0 Å². The molecule has 3 nitrogen and oxygen atoms in total. The van der Waals surface area contributed by atoms with E-state index >= 15 is 0 Å². The van der Waals surface area contributed by atoms with Crippen LogP contribution in [0.1, 0.15) is 13.3 Å². The summed E-state index contributed by atoms with van der Waals surface area (Å²) in [4.78, 5) is 0. The van der Waals surface area contributed by atoms with Crippen molar-refractivity contribution in [2.75, 3.05) is 13.1 Å². The summed E-state index contributed by atoms with van der Waals surface area (Å²) in [6.07, 6.45) is -4.04. The van der Waals surface area contributed by atoms with Crippen LogP contribution in [0.4, 0.5) is 13.2 Å². The lowest BCUT2D eigenvalue weighted by atomic mass is 9.98. The van der Waals surface area contributed by atoms with Crippen LogP contribution in [-0.2, 0) is 0 Å². The molecule has 1 N–H and O–H groups in total. The predicted octanol–water partition coefficient (Wildman–Crippen LogP) is 2.96. The second kappa shape index (κ2) is 5.69. The van der Waals surface area contributed by atoms with Crippen molar-refractivity contribution in [2.24, 2.45) is 5.92 Å². The molecule has 2 rings (SSSR count). The Morgan fingerprint density at radius 3 is 2.53 bits per heavy atom. The van der Waals surface area contributed by atoms with Gasteiger partial charge in [0.25, 0.3) is 0 Å². The number of alkyl halides is 3. The van der Waals surface area contributed by atoms with E-state index in [0.717, 1.165) is 19.5 Å². The quantitative estimate of drug-likeness (QED) is 0.920. The third-order valence-electron chi connectivity index (χ3n) is 3.06. The lowest BCUT2D eigenvalue weighted by molar-refractivity contribution is -0.275. The van der Waals surface area contributed by atoms with Gasteiger partial charge in [-0.1, -0.05) is 19.1 Å². The fourth-order valence-corrected chi connectivity index (χ4v) is 2.08. The third kappa shape index (κ3) is 4.02. The molecule has 1 heterocycles. The van der Waals surface area contributed by atoms with Gasteiger partial charge in [-0.05, 0) is 25.1 Å². The molecule has 0 amide bonds. The Kier molecular flexibility index (Phi) is 4.19. The van der Waals surface area contributed by atoms with Crippen molar-refractivity contribution in [3.8, 4) is 11.5 Å². The second-order valence-corrected chi connectivity index (χ2v) is 4.62. The van der Waals surface area contributed by atoms with Gasteiger partial charge >= 0.3 is 6.36 Å². The molecular formula is C13H16F3NO2. The van der Waals surface area contributed by atoms with E-state index in [1.807, 2.05) is 6.92 Å². The fraction of sp³-hybridized carbons (Fsp3) is 0.538. The lowest BCUT2D eigenvalue weighted by Crippen LogP contribution is -2.41. The molecule has 0 radical (unpaired) electrons. The summed E-state index contributed by atoms with van der Waals surface area (Å²) in [5.74, 6) is 0.0898. The topological polar surface area (TPSA) is 30.5 Å². The average Bonchev–Trinajstić information content (AvgIpc) is 2.33. The van der Waals surface area contributed by atoms with Gasteiger partial charge in [0.1, 0.15) is 6.10 Å². The molecule has 6 heteroatoms. The van der Waals surface area contributed by atoms with Crippen LogP contribution in [-0.4, -0.2) is 25.6 Å². The molecule has 1 fully saturated rings. The highest BCUT2D eigenvalue weighted by Gasteiger charge is 2.33. The number of nitrogens with one attached hydrogen (secondary N) is 1. The first-order valence-electron chi connectivity index (χ1n) is 6.18. The van der Waals surface area contributed by atoms with Crippen LogP contribution in [0.5, 0.6) is 11.5 Å². The molecule has 2 atom stereocenters. The van der Waals surface area contributed by atoms with E-state index in [4.69, 9.17) is 4.74 Å². The Morgan fingerprint density at radius 2 is 1.89 bits per heavy atom. The normalized spacial score (nSPS) is 24.0. The molecule has 19 heavy (non-hydrogen) atoms. The molecule has 0 saturated carbocycles. The van der Waals surface area contributed by atoms with Crippen molar-refractivity contribution >= 4 is 0 Å². The molecule has 0 spiro atoms. The van der Waals surface area contributed by atoms with Gasteiger partial charge in [-0.15, -0.1) is 13.2 Å². The maximum Gasteiger partial charge on any atom is 0.573 e. The standard InChI is InChI=1S/C13H16F3NO2/c1-9-8-17-7-6-10(9)18-11-4-2-3-5-12(11)19-13(14,15)16/h2-5,9-10,17H,6-8H2,1H3. The molecule has 1 aliphatic heterocycles. The zero-order valence-corrected chi connectivity index (χ0v) is 10.5. The second-order valence-electron chi connectivity index (χ2n) is 4.62. The predicted molar refractivity (Wildman–Crippen MR) is 64.2 cm³/mol. The molecule has 1 saturated heterocycles. The maximum atomic E-state index is 12.3. The molecule has 1 aromatic carbocycles. The lowest BCUT2D eigenvalue weighted by Gasteiger charge is -2.30. The third-order valence-corrected chi connectivity index (χ3v) is 3.06. The number of halogens is 3. The maximum absolute atomic E-state index is 12.3. The van der Waals surface area contributed by atoms with Gasteiger partial charge in [0.2, 0.25) is 0 Å². The number of rotatable bonds is 3. The zero-order chi connectivity index (χ0) is 13.9. The summed E-state index contributed by atoms with van der Waals surface area (Å²) >= 11 is 0. The fourth-order valence-electron chi connectivity index (χ4n) is 2.08. The van der Waals surface area contributed by atoms with Gasteiger partial charge in [0.15, 0.2) is 11.5 Å². The van der Waals surface area contributed by atoms with Crippen molar-refractivity contribution in [1.82, 2.24) is 5.32 Å². The number of hydrogen-bond donors (Lipinski definition) is 1. The Bertz CT molecular complexity index is 423. The van der Waals surface area contributed by atoms with Gasteiger partial charge in [-0.3, -0.25) is 0 Å². The summed E-state index contributed by atoms with van der Waals surface area (Å²) in [6.45, 7) is 3.61. The molecule has 106 valence electrons. The van der Waals surface area contributed by atoms with Gasteiger partial charge in [0.05, 0.1) is 0 Å². The number of piperidine rings is 1. The summed E-state index contributed by atoms with van der Waals surface area (Å²) in [5.41, 5.74) is 0. The van der Waals surface area contributed by atoms with Crippen molar-refractivity contribution < 1.29 is 22.6 Å². The van der Waals surface area contributed by atoms with E-state index < -0.39 is 6.36 Å². The highest BCUT2D eigenvalue weighted by Crippen LogP contribution is 2.33. The minimum absolute atomic E-state index is 0.0979. The number of hydrogen-bond acceptors (Lipinski definition) is 3. The van der Waals surface area contributed by atoms with Gasteiger partial charge in [-0.2, -0.15) is 0 Å². The van der Waals surface area contributed by atoms with E-state index in [-0.39, 0.29) is 23.5 Å². The molecule has 1 aromatic rings. The van der Waals surface area contributed by atoms with Crippen LogP contribution < -0.4 is 14.8 Å². The first-order valence-corrected chi connectivity index (χ1v) is 6.18. The summed E-state index contributed by atoms with van der Waals surface area (Å²) in [5, 5.41) is 3.21. The Hall–Kier alpha value is -1.43. The molecule has 2 unspecified atom stereocenters. The Balaban J connectivity index is 2.11. The highest BCUT2D eigenvalue weighted by molar-refractivity contribution is 5.39. The minimum atomic E-state index is -4.71. The molecule has 0 aromatic heterocycles. The number of para-hydroxylation sites is 2. The minimum Gasteiger partial charge on any atom is -0.486 e. The van der Waals surface area contributed by atoms with E-state index in [9.17, 15) is 13.2 Å². The number of ether oxygens (including phenoxy) is 2. The van der Waals surface area contributed by atoms with Crippen molar-refractivity contribution in [3.05, 3.63) is 24.3 Å². The van der Waals surface area contributed by atoms with Crippen LogP contribution in [0, 0.1) is 5.92 Å². The van der Waals surface area contributed by atoms with Crippen LogP contribution in [0.2, 0.25) is 0 Å². The zero-order valence-electron chi connectivity index (χ0n) is 10.5. The summed E-state index contributed by atoms with van der Waals surface area (Å²) < 4.78 is 46.5. The largest absolute Gasteiger partial charge is 0.573 e. The molecular weight excluding hydrogens is 259 g/mol. The molecule has 0 aliphatic carbocycles. The monoisotopic (exact) mass is 275 g/mol. The van der Waals surface area contributed by atoms with Crippen molar-refractivity contribution in [2.45, 2.75) is 25.8 Å². The first kappa shape index (κ1) is 14.0. The summed E-state index contributed by atoms with van der Waals surface area (Å²) in [6, 6.07) is 5.87. The van der Waals surface area contributed by atoms with Crippen LogP contribution >= 0.6 is 0 Å². The van der Waals surface area contributed by atoms with Gasteiger partial charge in [0, 0.05) is 12.5 Å². The smallest absolute Gasteiger partial charge is 0.486 e. The molecule has 0 bridgehead atoms. The van der Waals surface area contributed by atoms with Crippen molar-refractivity contribution in [3.63, 3.8) is 0 Å². The van der Waals surface area contributed by atoms with E-state index in [1.54, 1.807) is 6.07 Å². The van der Waals surface area contributed by atoms with E-state index in [1.165, 1.54) is 18.2 Å². The van der Waals surface area contributed by atoms with Crippen molar-refractivity contribution in [1.29, 1.82) is 0 Å². The Labute approximate surface area is 109 Å². The van der Waals surface area contributed by atoms with E-state index in [0.29, 0.717) is 0 Å². The van der Waals surface area contributed by atoms with Gasteiger partial charge < -0.3 is 14.8 Å². The van der Waals surface area contributed by atoms with Crippen LogP contribution in [0.25, 0.3) is 0 Å². The van der Waals surface area contributed by atoms with E-state index in [2.05, 4.69) is 10.1 Å². The van der Waals surface area contributed by atoms with Crippen LogP contribution in [0.15, 0.2) is 24.3 Å². The average molecular weight is 275 g/mol. The number of benzene rings is 1. The SMILES string of the molecule is CC1CNCCC1Oc1ccccc1OC(F)(F)F. The molecule has 1 aliphatic rings. The highest BCUT2D eigenvalue weighted by atomic mass is 19.4. The summed E-state index contributed by atoms with van der Waals surface area (Å²) in [7, 11) is 0. The van der Waals surface area contributed by atoms with Crippen LogP contribution in [0.3, 0.4) is 0 Å².